The van der Waals surface area contributed by atoms with Gasteiger partial charge in [0, 0.05) is 24.1 Å². The van der Waals surface area contributed by atoms with Crippen LogP contribution in [0.5, 0.6) is 11.6 Å². The number of alkyl halides is 3. The fraction of sp³-hybridized carbons (Fsp3) is 0.250. The van der Waals surface area contributed by atoms with Gasteiger partial charge in [-0.1, -0.05) is 0 Å². The quantitative estimate of drug-likeness (QED) is 0.793. The number of aliphatic hydroxyl groups excluding tert-OH is 1. The molecule has 2 atom stereocenters. The molecule has 0 aliphatic heterocycles. The Balaban J connectivity index is 2.21. The molecular formula is C16H10F4N2O4S. The molecule has 1 aromatic carbocycles. The molecule has 1 heterocycles. The number of sulfone groups is 1. The lowest BCUT2D eigenvalue weighted by Crippen LogP contribution is -2.24. The van der Waals surface area contributed by atoms with E-state index in [-0.39, 0.29) is 11.3 Å². The van der Waals surface area contributed by atoms with E-state index in [1.165, 1.54) is 0 Å². The normalized spacial score (nSPS) is 20.8. The highest BCUT2D eigenvalue weighted by atomic mass is 32.2. The summed E-state index contributed by atoms with van der Waals surface area (Å²) in [6, 6.07) is 4.39. The summed E-state index contributed by atoms with van der Waals surface area (Å²) in [6.07, 6.45) is -4.51. The number of rotatable bonds is 3. The molecule has 2 aromatic rings. The Morgan fingerprint density at radius 1 is 1.30 bits per heavy atom. The highest BCUT2D eigenvalue weighted by Crippen LogP contribution is 2.56. The van der Waals surface area contributed by atoms with Crippen molar-refractivity contribution in [3.05, 3.63) is 46.9 Å². The molecule has 0 spiro atoms. The minimum Gasteiger partial charge on any atom is -0.438 e. The number of aliphatic hydroxyl groups is 1. The molecule has 1 aromatic heterocycles. The number of halogens is 4. The van der Waals surface area contributed by atoms with Crippen molar-refractivity contribution in [3.8, 4) is 17.7 Å². The van der Waals surface area contributed by atoms with E-state index in [1.54, 1.807) is 6.07 Å². The monoisotopic (exact) mass is 402 g/mol. The number of benzene rings is 1. The van der Waals surface area contributed by atoms with Gasteiger partial charge in [-0.15, -0.1) is 0 Å². The Morgan fingerprint density at radius 2 is 1.96 bits per heavy atom. The Kier molecular flexibility index (Phi) is 4.36. The predicted octanol–water partition coefficient (Wildman–Crippen LogP) is 2.98. The van der Waals surface area contributed by atoms with Crippen molar-refractivity contribution < 1.29 is 35.8 Å². The van der Waals surface area contributed by atoms with E-state index in [9.17, 15) is 31.1 Å². The summed E-state index contributed by atoms with van der Waals surface area (Å²) in [4.78, 5) is 2.79. The first-order chi connectivity index (χ1) is 12.5. The molecule has 0 bridgehead atoms. The van der Waals surface area contributed by atoms with Crippen LogP contribution in [0.25, 0.3) is 0 Å². The second-order valence-electron chi connectivity index (χ2n) is 5.86. The zero-order valence-electron chi connectivity index (χ0n) is 13.5. The number of hydrogen-bond acceptors (Lipinski definition) is 6. The van der Waals surface area contributed by atoms with Gasteiger partial charge in [0.05, 0.1) is 22.1 Å². The zero-order valence-corrected chi connectivity index (χ0v) is 14.3. The highest BCUT2D eigenvalue weighted by molar-refractivity contribution is 7.90. The third kappa shape index (κ3) is 3.11. The van der Waals surface area contributed by atoms with Crippen LogP contribution < -0.4 is 4.74 Å². The van der Waals surface area contributed by atoms with Crippen molar-refractivity contribution in [2.24, 2.45) is 0 Å². The number of ether oxygens (including phenoxy) is 1. The minimum atomic E-state index is -4.32. The van der Waals surface area contributed by atoms with E-state index < -0.39 is 55.8 Å². The molecule has 0 amide bonds. The smallest absolute Gasteiger partial charge is 0.312 e. The summed E-state index contributed by atoms with van der Waals surface area (Å²) < 4.78 is 84.6. The Bertz CT molecular complexity index is 1080. The molecule has 142 valence electrons. The number of aromatic nitrogens is 1. The van der Waals surface area contributed by atoms with Crippen LogP contribution in [0.1, 0.15) is 29.0 Å². The van der Waals surface area contributed by atoms with Gasteiger partial charge in [-0.2, -0.15) is 14.0 Å². The van der Waals surface area contributed by atoms with Crippen LogP contribution in [0, 0.1) is 17.1 Å². The second kappa shape index (κ2) is 6.17. The average molecular weight is 402 g/mol. The van der Waals surface area contributed by atoms with Crippen LogP contribution in [0.2, 0.25) is 0 Å². The van der Waals surface area contributed by atoms with Crippen molar-refractivity contribution in [2.45, 2.75) is 23.1 Å². The molecule has 0 saturated heterocycles. The molecular weight excluding hydrogens is 392 g/mol. The maximum absolute atomic E-state index is 14.3. The van der Waals surface area contributed by atoms with E-state index in [0.717, 1.165) is 18.2 Å². The van der Waals surface area contributed by atoms with Gasteiger partial charge in [-0.25, -0.2) is 22.2 Å². The van der Waals surface area contributed by atoms with E-state index in [0.29, 0.717) is 12.5 Å². The first-order valence-electron chi connectivity index (χ1n) is 7.28. The SMILES string of the molecule is CS(=O)(=O)c1cnc(Oc2cc(F)cc(C#N)c2)c2c1[C@H](O)C(F)(F)[C@@H]2F. The molecule has 3 rings (SSSR count). The van der Waals surface area contributed by atoms with E-state index in [2.05, 4.69) is 4.98 Å². The van der Waals surface area contributed by atoms with Crippen molar-refractivity contribution in [3.63, 3.8) is 0 Å². The zero-order chi connectivity index (χ0) is 20.1. The Labute approximate surface area is 150 Å². The van der Waals surface area contributed by atoms with Crippen molar-refractivity contribution in [1.29, 1.82) is 5.26 Å². The van der Waals surface area contributed by atoms with Gasteiger partial charge >= 0.3 is 5.92 Å². The molecule has 1 aliphatic carbocycles. The van der Waals surface area contributed by atoms with Crippen molar-refractivity contribution in [2.75, 3.05) is 6.26 Å². The van der Waals surface area contributed by atoms with Gasteiger partial charge in [0.2, 0.25) is 5.88 Å². The van der Waals surface area contributed by atoms with Crippen LogP contribution in [0.4, 0.5) is 17.6 Å². The molecule has 6 nitrogen and oxygen atoms in total. The number of nitrogens with zero attached hydrogens (tertiary/aromatic N) is 2. The fourth-order valence-electron chi connectivity index (χ4n) is 2.73. The minimum absolute atomic E-state index is 0.156. The molecule has 11 heteroatoms. The molecule has 0 unspecified atom stereocenters. The first-order valence-corrected chi connectivity index (χ1v) is 9.17. The standard InChI is InChI=1S/C16H10F4N2O4S/c1-27(24,25)10-6-22-15(12-11(10)14(23)16(19,20)13(12)18)26-9-3-7(5-21)2-8(17)4-9/h2-4,6,13-14,23H,1H3/t13-,14+/m1/s1. The lowest BCUT2D eigenvalue weighted by molar-refractivity contribution is -0.143. The first kappa shape index (κ1) is 19.1. The number of nitriles is 1. The summed E-state index contributed by atoms with van der Waals surface area (Å²) in [5, 5.41) is 18.6. The van der Waals surface area contributed by atoms with Gasteiger partial charge in [0.25, 0.3) is 0 Å². The van der Waals surface area contributed by atoms with Gasteiger partial charge < -0.3 is 9.84 Å². The summed E-state index contributed by atoms with van der Waals surface area (Å²) >= 11 is 0. The maximum atomic E-state index is 14.3. The van der Waals surface area contributed by atoms with Crippen LogP contribution >= 0.6 is 0 Å². The Morgan fingerprint density at radius 3 is 2.56 bits per heavy atom. The Hall–Kier alpha value is -2.71. The molecule has 0 saturated carbocycles. The fourth-order valence-corrected chi connectivity index (χ4v) is 3.59. The lowest BCUT2D eigenvalue weighted by Gasteiger charge is -2.16. The highest BCUT2D eigenvalue weighted by Gasteiger charge is 2.59. The van der Waals surface area contributed by atoms with E-state index in [4.69, 9.17) is 10.00 Å². The van der Waals surface area contributed by atoms with Crippen LogP contribution in [0.3, 0.4) is 0 Å². The van der Waals surface area contributed by atoms with Crippen molar-refractivity contribution in [1.82, 2.24) is 4.98 Å². The summed E-state index contributed by atoms with van der Waals surface area (Å²) in [5.74, 6) is -6.31. The average Bonchev–Trinajstić information content (AvgIpc) is 2.75. The number of pyridine rings is 1. The van der Waals surface area contributed by atoms with Gasteiger partial charge in [-0.05, 0) is 12.1 Å². The summed E-state index contributed by atoms with van der Waals surface area (Å²) in [6.45, 7) is 0. The summed E-state index contributed by atoms with van der Waals surface area (Å²) in [7, 11) is -4.12. The molecule has 27 heavy (non-hydrogen) atoms. The largest absolute Gasteiger partial charge is 0.438 e. The van der Waals surface area contributed by atoms with Crippen LogP contribution in [0.15, 0.2) is 29.3 Å². The van der Waals surface area contributed by atoms with Crippen LogP contribution in [-0.2, 0) is 9.84 Å². The lowest BCUT2D eigenvalue weighted by atomic mass is 10.1. The van der Waals surface area contributed by atoms with Crippen LogP contribution in [-0.4, -0.2) is 30.7 Å². The third-order valence-corrected chi connectivity index (χ3v) is 5.05. The van der Waals surface area contributed by atoms with Crippen molar-refractivity contribution >= 4 is 9.84 Å². The van der Waals surface area contributed by atoms with Gasteiger partial charge in [-0.3, -0.25) is 0 Å². The number of hydrogen-bond donors (Lipinski definition) is 1. The van der Waals surface area contributed by atoms with Gasteiger partial charge in [0.15, 0.2) is 16.0 Å². The summed E-state index contributed by atoms with van der Waals surface area (Å²) in [5.41, 5.74) is -1.97. The van der Waals surface area contributed by atoms with E-state index >= 15 is 0 Å². The maximum Gasteiger partial charge on any atom is 0.312 e. The molecule has 1 aliphatic rings. The third-order valence-electron chi connectivity index (χ3n) is 3.93. The molecule has 0 fully saturated rings. The predicted molar refractivity (Wildman–Crippen MR) is 82.3 cm³/mol. The van der Waals surface area contributed by atoms with E-state index in [1.807, 2.05) is 0 Å². The van der Waals surface area contributed by atoms with Gasteiger partial charge in [0.1, 0.15) is 17.7 Å². The number of fused-ring (bicyclic) bond motifs is 1. The second-order valence-corrected chi connectivity index (χ2v) is 7.84. The topological polar surface area (TPSA) is 100 Å². The molecule has 0 radical (unpaired) electrons. The molecule has 1 N–H and O–H groups in total.